The van der Waals surface area contributed by atoms with Gasteiger partial charge in [0.15, 0.2) is 0 Å². The highest BCUT2D eigenvalue weighted by Crippen LogP contribution is 1.76. The number of carboxylic acid groups (broad SMARTS) is 1. The number of carbonyl (C=O) groups is 1. The number of hydrogen-bond donors (Lipinski definition) is 2. The van der Waals surface area contributed by atoms with Crippen LogP contribution in [0.2, 0.25) is 0 Å². The zero-order valence-electron chi connectivity index (χ0n) is 6.18. The highest BCUT2D eigenvalue weighted by atomic mass is 35.5. The molecule has 5 heteroatoms. The van der Waals surface area contributed by atoms with Crippen LogP contribution >= 0.6 is 11.6 Å². The first-order valence-corrected chi connectivity index (χ1v) is 3.87. The summed E-state index contributed by atoms with van der Waals surface area (Å²) in [6.45, 7) is 3.83. The lowest BCUT2D eigenvalue weighted by molar-refractivity contribution is -0.134. The largest absolute Gasteiger partial charge is 0.480 e. The smallest absolute Gasteiger partial charge is 0.318 e. The monoisotopic (exact) mass is 181 g/mol. The minimum Gasteiger partial charge on any atom is -0.480 e. The second kappa shape index (κ2) is 7.78. The highest BCUT2D eigenvalue weighted by molar-refractivity contribution is 6.26. The van der Waals surface area contributed by atoms with Crippen LogP contribution in [0.15, 0.2) is 0 Å². The third-order valence-corrected chi connectivity index (χ3v) is 1.19. The number of hydrogen-bond acceptors (Lipinski definition) is 3. The topological polar surface area (TPSA) is 58.6 Å². The van der Waals surface area contributed by atoms with Crippen LogP contribution in [-0.2, 0) is 9.53 Å². The average molecular weight is 182 g/mol. The van der Waals surface area contributed by atoms with Crippen molar-refractivity contribution < 1.29 is 14.6 Å². The number of carboxylic acids is 1. The van der Waals surface area contributed by atoms with E-state index in [0.29, 0.717) is 0 Å². The van der Waals surface area contributed by atoms with Gasteiger partial charge in [0.25, 0.3) is 0 Å². The van der Waals surface area contributed by atoms with Crippen LogP contribution in [0.5, 0.6) is 0 Å². The fourth-order valence-corrected chi connectivity index (χ4v) is 0.516. The van der Waals surface area contributed by atoms with Gasteiger partial charge in [0, 0.05) is 13.1 Å². The summed E-state index contributed by atoms with van der Waals surface area (Å²) < 4.78 is 5.01. The Hall–Kier alpha value is -0.320. The van der Waals surface area contributed by atoms with E-state index < -0.39 is 5.97 Å². The van der Waals surface area contributed by atoms with Gasteiger partial charge in [0.05, 0.1) is 13.2 Å². The molecule has 1 fully saturated rings. The van der Waals surface area contributed by atoms with Gasteiger partial charge < -0.3 is 15.2 Å². The van der Waals surface area contributed by atoms with E-state index in [2.05, 4.69) is 5.32 Å². The summed E-state index contributed by atoms with van der Waals surface area (Å²) in [5.74, 6) is -1.29. The van der Waals surface area contributed by atoms with Crippen molar-refractivity contribution in [2.75, 3.05) is 32.2 Å². The van der Waals surface area contributed by atoms with E-state index in [-0.39, 0.29) is 5.88 Å². The minimum absolute atomic E-state index is 0.306. The van der Waals surface area contributed by atoms with Crippen molar-refractivity contribution in [2.45, 2.75) is 0 Å². The van der Waals surface area contributed by atoms with Gasteiger partial charge in [-0.15, -0.1) is 11.6 Å². The predicted octanol–water partition coefficient (Wildman–Crippen LogP) is -0.0840. The third kappa shape index (κ3) is 9.68. The Morgan fingerprint density at radius 2 is 2.00 bits per heavy atom. The molecule has 1 aliphatic rings. The lowest BCUT2D eigenvalue weighted by Crippen LogP contribution is -2.30. The molecule has 2 N–H and O–H groups in total. The van der Waals surface area contributed by atoms with Gasteiger partial charge in [-0.1, -0.05) is 0 Å². The molecule has 66 valence electrons. The number of ether oxygens (including phenoxy) is 1. The summed E-state index contributed by atoms with van der Waals surface area (Å²) in [6, 6.07) is 0. The molecule has 0 unspecified atom stereocenters. The van der Waals surface area contributed by atoms with Gasteiger partial charge in [0.1, 0.15) is 5.88 Å². The molecule has 0 amide bonds. The summed E-state index contributed by atoms with van der Waals surface area (Å²) in [5, 5.41) is 10.8. The molecular weight excluding hydrogens is 170 g/mol. The Kier molecular flexibility index (Phi) is 7.56. The van der Waals surface area contributed by atoms with E-state index in [4.69, 9.17) is 21.4 Å². The highest BCUT2D eigenvalue weighted by Gasteiger charge is 1.92. The summed E-state index contributed by atoms with van der Waals surface area (Å²) in [7, 11) is 0. The molecule has 1 saturated heterocycles. The van der Waals surface area contributed by atoms with E-state index in [1.165, 1.54) is 0 Å². The SMILES string of the molecule is C1COCCN1.O=C(O)CCl. The number of halogens is 1. The molecule has 11 heavy (non-hydrogen) atoms. The molecule has 0 bridgehead atoms. The summed E-state index contributed by atoms with van der Waals surface area (Å²) in [5.41, 5.74) is 0. The van der Waals surface area contributed by atoms with Crippen molar-refractivity contribution in [1.29, 1.82) is 0 Å². The van der Waals surface area contributed by atoms with Gasteiger partial charge >= 0.3 is 5.97 Å². The Bertz CT molecular complexity index is 94.5. The third-order valence-electron chi connectivity index (χ3n) is 0.961. The van der Waals surface area contributed by atoms with Crippen molar-refractivity contribution in [3.05, 3.63) is 0 Å². The maximum Gasteiger partial charge on any atom is 0.318 e. The van der Waals surface area contributed by atoms with Crippen LogP contribution in [0.25, 0.3) is 0 Å². The first kappa shape index (κ1) is 10.7. The molecule has 0 aromatic heterocycles. The molecule has 0 atom stereocenters. The molecule has 4 nitrogen and oxygen atoms in total. The summed E-state index contributed by atoms with van der Waals surface area (Å²) in [6.07, 6.45) is 0. The number of alkyl halides is 1. The molecule has 0 spiro atoms. The van der Waals surface area contributed by atoms with Crippen LogP contribution in [0.4, 0.5) is 0 Å². The van der Waals surface area contributed by atoms with E-state index in [1.54, 1.807) is 0 Å². The Labute approximate surface area is 70.5 Å². The summed E-state index contributed by atoms with van der Waals surface area (Å²) >= 11 is 4.74. The fraction of sp³-hybridized carbons (Fsp3) is 0.833. The Morgan fingerprint density at radius 3 is 2.09 bits per heavy atom. The van der Waals surface area contributed by atoms with Crippen LogP contribution in [0, 0.1) is 0 Å². The molecular formula is C6H12ClNO3. The maximum absolute atomic E-state index is 9.24. The molecule has 0 radical (unpaired) electrons. The Balaban J connectivity index is 0.000000187. The molecule has 1 heterocycles. The lowest BCUT2D eigenvalue weighted by Gasteiger charge is -2.10. The van der Waals surface area contributed by atoms with E-state index in [9.17, 15) is 4.79 Å². The van der Waals surface area contributed by atoms with Gasteiger partial charge in [-0.3, -0.25) is 4.79 Å². The number of nitrogens with one attached hydrogen (secondary N) is 1. The van der Waals surface area contributed by atoms with E-state index in [1.807, 2.05) is 0 Å². The molecule has 1 rings (SSSR count). The zero-order valence-corrected chi connectivity index (χ0v) is 6.93. The molecule has 1 aliphatic heterocycles. The maximum atomic E-state index is 9.24. The normalized spacial score (nSPS) is 16.5. The molecule has 0 aromatic rings. The van der Waals surface area contributed by atoms with Gasteiger partial charge in [-0.05, 0) is 0 Å². The average Bonchev–Trinajstić information content (AvgIpc) is 2.09. The van der Waals surface area contributed by atoms with Crippen molar-refractivity contribution in [3.63, 3.8) is 0 Å². The second-order valence-electron chi connectivity index (χ2n) is 1.89. The Morgan fingerprint density at radius 1 is 1.55 bits per heavy atom. The number of rotatable bonds is 1. The molecule has 0 saturated carbocycles. The van der Waals surface area contributed by atoms with Crippen molar-refractivity contribution >= 4 is 17.6 Å². The van der Waals surface area contributed by atoms with Crippen molar-refractivity contribution in [1.82, 2.24) is 5.32 Å². The van der Waals surface area contributed by atoms with Crippen molar-refractivity contribution in [3.8, 4) is 0 Å². The van der Waals surface area contributed by atoms with E-state index in [0.717, 1.165) is 26.3 Å². The van der Waals surface area contributed by atoms with Crippen LogP contribution in [-0.4, -0.2) is 43.3 Å². The van der Waals surface area contributed by atoms with Gasteiger partial charge in [-0.2, -0.15) is 0 Å². The van der Waals surface area contributed by atoms with Gasteiger partial charge in [-0.25, -0.2) is 0 Å². The zero-order chi connectivity index (χ0) is 8.53. The van der Waals surface area contributed by atoms with Crippen LogP contribution in [0.1, 0.15) is 0 Å². The lowest BCUT2D eigenvalue weighted by atomic mass is 10.5. The standard InChI is InChI=1S/C4H9NO.C2H3ClO2/c1-3-6-4-2-5-1;3-1-2(4)5/h5H,1-4H2;1H2,(H,4,5). The number of morpholine rings is 1. The first-order chi connectivity index (χ1) is 5.27. The van der Waals surface area contributed by atoms with Crippen LogP contribution in [0.3, 0.4) is 0 Å². The number of aliphatic carboxylic acids is 1. The first-order valence-electron chi connectivity index (χ1n) is 3.33. The quantitative estimate of drug-likeness (QED) is 0.556. The summed E-state index contributed by atoms with van der Waals surface area (Å²) in [4.78, 5) is 9.24. The van der Waals surface area contributed by atoms with Gasteiger partial charge in [0.2, 0.25) is 0 Å². The second-order valence-corrected chi connectivity index (χ2v) is 2.16. The predicted molar refractivity (Wildman–Crippen MR) is 42.0 cm³/mol. The molecule has 0 aliphatic carbocycles. The molecule has 0 aromatic carbocycles. The van der Waals surface area contributed by atoms with Crippen LogP contribution < -0.4 is 5.32 Å². The van der Waals surface area contributed by atoms with Crippen molar-refractivity contribution in [2.24, 2.45) is 0 Å². The minimum atomic E-state index is -0.980. The van der Waals surface area contributed by atoms with E-state index >= 15 is 0 Å². The fourth-order valence-electron chi connectivity index (χ4n) is 0.516.